The summed E-state index contributed by atoms with van der Waals surface area (Å²) in [5, 5.41) is 8.55. The first-order valence-corrected chi connectivity index (χ1v) is 8.04. The lowest BCUT2D eigenvalue weighted by molar-refractivity contribution is 1.02. The predicted octanol–water partition coefficient (Wildman–Crippen LogP) is 4.07. The van der Waals surface area contributed by atoms with Gasteiger partial charge in [-0.2, -0.15) is 0 Å². The van der Waals surface area contributed by atoms with Crippen LogP contribution in [0, 0.1) is 5.41 Å². The highest BCUT2D eigenvalue weighted by molar-refractivity contribution is 6.07. The zero-order valence-electron chi connectivity index (χ0n) is 13.3. The van der Waals surface area contributed by atoms with E-state index < -0.39 is 0 Å². The highest BCUT2D eigenvalue weighted by atomic mass is 15.4. The number of nitrogens with zero attached hydrogens (tertiary/aromatic N) is 2. The lowest BCUT2D eigenvalue weighted by Gasteiger charge is -2.22. The van der Waals surface area contributed by atoms with E-state index in [4.69, 9.17) is 5.41 Å². The molecule has 114 valence electrons. The quantitative estimate of drug-likeness (QED) is 0.921. The standard InChI is InChI=1S/C19H23N3/c1-3-15-7-5-9-17(13-15)21-11-12-22(19(21)20)18-10-6-8-16(4-2)14-18/h5-10,13-14,20H,3-4,11-12H2,1-2H3. The SMILES string of the molecule is CCc1cccc(N2CCN(c3cccc(CC)c3)C2=N)c1. The van der Waals surface area contributed by atoms with Crippen molar-refractivity contribution >= 4 is 17.3 Å². The number of hydrogen-bond acceptors (Lipinski definition) is 1. The summed E-state index contributed by atoms with van der Waals surface area (Å²) in [5.41, 5.74) is 4.88. The normalized spacial score (nSPS) is 14.7. The molecule has 0 radical (unpaired) electrons. The fraction of sp³-hybridized carbons (Fsp3) is 0.316. The third-order valence-electron chi connectivity index (χ3n) is 4.32. The van der Waals surface area contributed by atoms with Gasteiger partial charge < -0.3 is 9.80 Å². The molecule has 1 N–H and O–H groups in total. The van der Waals surface area contributed by atoms with Crippen LogP contribution in [-0.4, -0.2) is 19.0 Å². The molecule has 22 heavy (non-hydrogen) atoms. The minimum absolute atomic E-state index is 0.571. The molecule has 1 aliphatic heterocycles. The van der Waals surface area contributed by atoms with Crippen LogP contribution < -0.4 is 9.80 Å². The Morgan fingerprint density at radius 1 is 0.818 bits per heavy atom. The number of hydrogen-bond donors (Lipinski definition) is 1. The topological polar surface area (TPSA) is 30.3 Å². The zero-order valence-corrected chi connectivity index (χ0v) is 13.3. The van der Waals surface area contributed by atoms with E-state index in [1.165, 1.54) is 11.1 Å². The van der Waals surface area contributed by atoms with Crippen molar-refractivity contribution in [3.05, 3.63) is 59.7 Å². The Morgan fingerprint density at radius 2 is 1.27 bits per heavy atom. The third kappa shape index (κ3) is 2.71. The maximum atomic E-state index is 8.55. The van der Waals surface area contributed by atoms with Gasteiger partial charge in [-0.25, -0.2) is 0 Å². The Labute approximate surface area is 132 Å². The van der Waals surface area contributed by atoms with Crippen molar-refractivity contribution in [3.63, 3.8) is 0 Å². The van der Waals surface area contributed by atoms with Gasteiger partial charge in [0, 0.05) is 24.5 Å². The molecule has 0 amide bonds. The van der Waals surface area contributed by atoms with Gasteiger partial charge in [0.1, 0.15) is 0 Å². The van der Waals surface area contributed by atoms with Crippen LogP contribution >= 0.6 is 0 Å². The van der Waals surface area contributed by atoms with Gasteiger partial charge in [-0.3, -0.25) is 5.41 Å². The minimum atomic E-state index is 0.571. The highest BCUT2D eigenvalue weighted by Crippen LogP contribution is 2.26. The summed E-state index contributed by atoms with van der Waals surface area (Å²) in [6.07, 6.45) is 2.05. The van der Waals surface area contributed by atoms with Gasteiger partial charge in [0.05, 0.1) is 0 Å². The largest absolute Gasteiger partial charge is 0.311 e. The maximum Gasteiger partial charge on any atom is 0.202 e. The van der Waals surface area contributed by atoms with Crippen LogP contribution in [0.4, 0.5) is 11.4 Å². The van der Waals surface area contributed by atoms with Crippen LogP contribution in [-0.2, 0) is 12.8 Å². The van der Waals surface area contributed by atoms with E-state index in [1.54, 1.807) is 0 Å². The van der Waals surface area contributed by atoms with Crippen LogP contribution in [0.5, 0.6) is 0 Å². The molecule has 1 aliphatic rings. The number of benzene rings is 2. The predicted molar refractivity (Wildman–Crippen MR) is 94.1 cm³/mol. The number of guanidine groups is 1. The van der Waals surface area contributed by atoms with E-state index in [1.807, 2.05) is 0 Å². The van der Waals surface area contributed by atoms with E-state index in [0.717, 1.165) is 37.3 Å². The summed E-state index contributed by atoms with van der Waals surface area (Å²) >= 11 is 0. The average Bonchev–Trinajstić information content (AvgIpc) is 2.96. The molecule has 0 aromatic heterocycles. The third-order valence-corrected chi connectivity index (χ3v) is 4.32. The van der Waals surface area contributed by atoms with E-state index in [0.29, 0.717) is 5.96 Å². The monoisotopic (exact) mass is 293 g/mol. The molecule has 0 unspecified atom stereocenters. The molecule has 1 saturated heterocycles. The van der Waals surface area contributed by atoms with E-state index >= 15 is 0 Å². The lowest BCUT2D eigenvalue weighted by Crippen LogP contribution is -2.32. The molecule has 1 fully saturated rings. The number of rotatable bonds is 4. The Bertz CT molecular complexity index is 620. The second kappa shape index (κ2) is 6.22. The first kappa shape index (κ1) is 14.6. The van der Waals surface area contributed by atoms with Crippen molar-refractivity contribution in [3.8, 4) is 0 Å². The first-order chi connectivity index (χ1) is 10.7. The van der Waals surface area contributed by atoms with Crippen molar-refractivity contribution in [1.29, 1.82) is 5.41 Å². The molecule has 3 rings (SSSR count). The van der Waals surface area contributed by atoms with Gasteiger partial charge in [0.25, 0.3) is 0 Å². The zero-order chi connectivity index (χ0) is 15.5. The van der Waals surface area contributed by atoms with Crippen LogP contribution in [0.25, 0.3) is 0 Å². The van der Waals surface area contributed by atoms with Crippen LogP contribution in [0.1, 0.15) is 25.0 Å². The Hall–Kier alpha value is -2.29. The molecule has 0 spiro atoms. The molecule has 2 aromatic rings. The highest BCUT2D eigenvalue weighted by Gasteiger charge is 2.27. The molecular weight excluding hydrogens is 270 g/mol. The molecule has 3 nitrogen and oxygen atoms in total. The van der Waals surface area contributed by atoms with Gasteiger partial charge >= 0.3 is 0 Å². The molecule has 0 saturated carbocycles. The fourth-order valence-electron chi connectivity index (χ4n) is 2.95. The summed E-state index contributed by atoms with van der Waals surface area (Å²) < 4.78 is 0. The lowest BCUT2D eigenvalue weighted by atomic mass is 10.1. The summed E-state index contributed by atoms with van der Waals surface area (Å²) in [5.74, 6) is 0.571. The molecule has 1 heterocycles. The van der Waals surface area contributed by atoms with Crippen molar-refractivity contribution in [1.82, 2.24) is 0 Å². The summed E-state index contributed by atoms with van der Waals surface area (Å²) in [6, 6.07) is 17.0. The van der Waals surface area contributed by atoms with Crippen LogP contribution in [0.15, 0.2) is 48.5 Å². The number of anilines is 2. The van der Waals surface area contributed by atoms with Crippen molar-refractivity contribution in [2.45, 2.75) is 26.7 Å². The summed E-state index contributed by atoms with van der Waals surface area (Å²) in [6.45, 7) is 6.05. The molecular formula is C19H23N3. The Balaban J connectivity index is 1.85. The van der Waals surface area contributed by atoms with Crippen molar-refractivity contribution < 1.29 is 0 Å². The second-order valence-corrected chi connectivity index (χ2v) is 5.67. The second-order valence-electron chi connectivity index (χ2n) is 5.67. The van der Waals surface area contributed by atoms with Gasteiger partial charge in [-0.15, -0.1) is 0 Å². The van der Waals surface area contributed by atoms with Gasteiger partial charge in [-0.1, -0.05) is 38.1 Å². The van der Waals surface area contributed by atoms with E-state index in [-0.39, 0.29) is 0 Å². The number of aryl methyl sites for hydroxylation is 2. The fourth-order valence-corrected chi connectivity index (χ4v) is 2.95. The van der Waals surface area contributed by atoms with Crippen LogP contribution in [0.2, 0.25) is 0 Å². The van der Waals surface area contributed by atoms with E-state index in [2.05, 4.69) is 72.2 Å². The van der Waals surface area contributed by atoms with Crippen molar-refractivity contribution in [2.75, 3.05) is 22.9 Å². The first-order valence-electron chi connectivity index (χ1n) is 8.04. The molecule has 3 heteroatoms. The smallest absolute Gasteiger partial charge is 0.202 e. The summed E-state index contributed by atoms with van der Waals surface area (Å²) in [7, 11) is 0. The van der Waals surface area contributed by atoms with E-state index in [9.17, 15) is 0 Å². The van der Waals surface area contributed by atoms with Gasteiger partial charge in [0.15, 0.2) is 0 Å². The Kier molecular flexibility index (Phi) is 4.14. The van der Waals surface area contributed by atoms with Crippen LogP contribution in [0.3, 0.4) is 0 Å². The molecule has 0 aliphatic carbocycles. The van der Waals surface area contributed by atoms with Gasteiger partial charge in [-0.05, 0) is 48.2 Å². The molecule has 2 aromatic carbocycles. The van der Waals surface area contributed by atoms with Crippen molar-refractivity contribution in [2.24, 2.45) is 0 Å². The van der Waals surface area contributed by atoms with Gasteiger partial charge in [0.2, 0.25) is 5.96 Å². The average molecular weight is 293 g/mol. The number of nitrogens with one attached hydrogen (secondary N) is 1. The molecule has 0 bridgehead atoms. The summed E-state index contributed by atoms with van der Waals surface area (Å²) in [4.78, 5) is 4.19. The molecule has 0 atom stereocenters. The maximum absolute atomic E-state index is 8.55. The Morgan fingerprint density at radius 3 is 1.68 bits per heavy atom. The minimum Gasteiger partial charge on any atom is -0.311 e.